The van der Waals surface area contributed by atoms with E-state index in [9.17, 15) is 8.42 Å². The first-order chi connectivity index (χ1) is 9.53. The quantitative estimate of drug-likeness (QED) is 0.853. The molecular formula is C13H15ClN2O3S. The molecule has 5 nitrogen and oxygen atoms in total. The van der Waals surface area contributed by atoms with Gasteiger partial charge in [0.1, 0.15) is 10.7 Å². The number of nitrogens with two attached hydrogens (primary N) is 1. The molecule has 108 valence electrons. The zero-order chi connectivity index (χ0) is 14.6. The molecule has 3 N–H and O–H groups in total. The van der Waals surface area contributed by atoms with Crippen molar-refractivity contribution in [1.29, 1.82) is 0 Å². The molecule has 0 bridgehead atoms. The Hall–Kier alpha value is -1.34. The van der Waals surface area contributed by atoms with Crippen LogP contribution >= 0.6 is 11.6 Å². The lowest BCUT2D eigenvalue weighted by molar-refractivity contribution is 0.506. The number of benzene rings is 1. The van der Waals surface area contributed by atoms with E-state index < -0.39 is 10.0 Å². The smallest absolute Gasteiger partial charge is 0.242 e. The van der Waals surface area contributed by atoms with E-state index >= 15 is 0 Å². The fourth-order valence-electron chi connectivity index (χ4n) is 1.72. The average molecular weight is 315 g/mol. The summed E-state index contributed by atoms with van der Waals surface area (Å²) < 4.78 is 32.0. The first-order valence-electron chi connectivity index (χ1n) is 6.03. The van der Waals surface area contributed by atoms with Gasteiger partial charge in [0.2, 0.25) is 10.0 Å². The second kappa shape index (κ2) is 6.41. The molecule has 0 aliphatic rings. The standard InChI is InChI=1S/C13H15ClN2O3S/c14-12-4-3-10(9-15)8-13(12)20(17,18)16-6-5-11-2-1-7-19-11/h1-4,7-8,16H,5-6,9,15H2. The van der Waals surface area contributed by atoms with Crippen LogP contribution in [0.25, 0.3) is 0 Å². The van der Waals surface area contributed by atoms with Crippen molar-refractivity contribution < 1.29 is 12.8 Å². The molecule has 0 fully saturated rings. The second-order valence-electron chi connectivity index (χ2n) is 4.20. The van der Waals surface area contributed by atoms with E-state index in [2.05, 4.69) is 4.72 Å². The summed E-state index contributed by atoms with van der Waals surface area (Å²) in [5.74, 6) is 0.717. The van der Waals surface area contributed by atoms with E-state index in [1.165, 1.54) is 12.1 Å². The zero-order valence-electron chi connectivity index (χ0n) is 10.7. The second-order valence-corrected chi connectivity index (χ2v) is 6.34. The molecule has 1 aromatic carbocycles. The number of halogens is 1. The Labute approximate surface area is 122 Å². The van der Waals surface area contributed by atoms with Gasteiger partial charge >= 0.3 is 0 Å². The van der Waals surface area contributed by atoms with Gasteiger partial charge in [-0.05, 0) is 29.8 Å². The van der Waals surface area contributed by atoms with Crippen LogP contribution < -0.4 is 10.5 Å². The van der Waals surface area contributed by atoms with Crippen LogP contribution in [-0.2, 0) is 23.0 Å². The molecule has 0 atom stereocenters. The third-order valence-corrected chi connectivity index (χ3v) is 4.71. The largest absolute Gasteiger partial charge is 0.469 e. The fourth-order valence-corrected chi connectivity index (χ4v) is 3.30. The summed E-state index contributed by atoms with van der Waals surface area (Å²) in [4.78, 5) is 0.0431. The van der Waals surface area contributed by atoms with Crippen LogP contribution in [0, 0.1) is 0 Å². The van der Waals surface area contributed by atoms with Crippen molar-refractivity contribution in [2.75, 3.05) is 6.54 Å². The SMILES string of the molecule is NCc1ccc(Cl)c(S(=O)(=O)NCCc2ccco2)c1. The van der Waals surface area contributed by atoms with Gasteiger partial charge in [0.25, 0.3) is 0 Å². The average Bonchev–Trinajstić information content (AvgIpc) is 2.92. The summed E-state index contributed by atoms with van der Waals surface area (Å²) in [5, 5.41) is 0.174. The summed E-state index contributed by atoms with van der Waals surface area (Å²) in [7, 11) is -3.66. The molecule has 0 saturated heterocycles. The van der Waals surface area contributed by atoms with E-state index in [0.29, 0.717) is 12.0 Å². The molecule has 7 heteroatoms. The maximum Gasteiger partial charge on any atom is 0.242 e. The van der Waals surface area contributed by atoms with Crippen molar-refractivity contribution in [3.63, 3.8) is 0 Å². The van der Waals surface area contributed by atoms with Crippen molar-refractivity contribution in [2.24, 2.45) is 5.73 Å². The maximum absolute atomic E-state index is 12.2. The minimum Gasteiger partial charge on any atom is -0.469 e. The lowest BCUT2D eigenvalue weighted by Crippen LogP contribution is -2.26. The van der Waals surface area contributed by atoms with Gasteiger partial charge in [0, 0.05) is 19.5 Å². The molecular weight excluding hydrogens is 300 g/mol. The number of hydrogen-bond acceptors (Lipinski definition) is 4. The number of hydrogen-bond donors (Lipinski definition) is 2. The van der Waals surface area contributed by atoms with Gasteiger partial charge in [-0.15, -0.1) is 0 Å². The molecule has 20 heavy (non-hydrogen) atoms. The van der Waals surface area contributed by atoms with Gasteiger partial charge in [0.15, 0.2) is 0 Å². The van der Waals surface area contributed by atoms with Crippen LogP contribution in [0.2, 0.25) is 5.02 Å². The molecule has 0 aliphatic heterocycles. The Balaban J connectivity index is 2.09. The Morgan fingerprint density at radius 2 is 2.10 bits per heavy atom. The van der Waals surface area contributed by atoms with Crippen LogP contribution in [-0.4, -0.2) is 15.0 Å². The van der Waals surface area contributed by atoms with Crippen LogP contribution in [0.3, 0.4) is 0 Å². The summed E-state index contributed by atoms with van der Waals surface area (Å²) in [6, 6.07) is 8.26. The van der Waals surface area contributed by atoms with Crippen molar-refractivity contribution in [3.05, 3.63) is 52.9 Å². The van der Waals surface area contributed by atoms with E-state index in [4.69, 9.17) is 21.8 Å². The Morgan fingerprint density at radius 1 is 1.30 bits per heavy atom. The fraction of sp³-hybridized carbons (Fsp3) is 0.231. The lowest BCUT2D eigenvalue weighted by Gasteiger charge is -2.09. The number of furan rings is 1. The predicted octanol–water partition coefficient (Wildman–Crippen LogP) is 1.91. The van der Waals surface area contributed by atoms with Crippen LogP contribution in [0.1, 0.15) is 11.3 Å². The predicted molar refractivity (Wildman–Crippen MR) is 76.9 cm³/mol. The minimum absolute atomic E-state index is 0.0431. The van der Waals surface area contributed by atoms with Gasteiger partial charge in [0.05, 0.1) is 11.3 Å². The molecule has 0 amide bonds. The molecule has 0 spiro atoms. The van der Waals surface area contributed by atoms with Gasteiger partial charge in [-0.25, -0.2) is 13.1 Å². The van der Waals surface area contributed by atoms with Crippen LogP contribution in [0.15, 0.2) is 45.9 Å². The number of nitrogens with one attached hydrogen (secondary N) is 1. The molecule has 0 aliphatic carbocycles. The van der Waals surface area contributed by atoms with Crippen molar-refractivity contribution >= 4 is 21.6 Å². The summed E-state index contributed by atoms with van der Waals surface area (Å²) in [5.41, 5.74) is 6.21. The van der Waals surface area contributed by atoms with E-state index in [0.717, 1.165) is 5.76 Å². The molecule has 0 radical (unpaired) electrons. The summed E-state index contributed by atoms with van der Waals surface area (Å²) >= 11 is 5.94. The Bertz CT molecular complexity index is 669. The number of rotatable bonds is 6. The normalized spacial score (nSPS) is 11.7. The Kier molecular flexibility index (Phi) is 4.82. The Morgan fingerprint density at radius 3 is 2.75 bits per heavy atom. The molecule has 2 aromatic rings. The first kappa shape index (κ1) is 15.1. The van der Waals surface area contributed by atoms with E-state index in [1.54, 1.807) is 24.5 Å². The van der Waals surface area contributed by atoms with Gasteiger partial charge in [-0.1, -0.05) is 17.7 Å². The van der Waals surface area contributed by atoms with Gasteiger partial charge < -0.3 is 10.2 Å². The van der Waals surface area contributed by atoms with Gasteiger partial charge in [-0.2, -0.15) is 0 Å². The van der Waals surface area contributed by atoms with Crippen molar-refractivity contribution in [2.45, 2.75) is 17.9 Å². The lowest BCUT2D eigenvalue weighted by atomic mass is 10.2. The first-order valence-corrected chi connectivity index (χ1v) is 7.89. The van der Waals surface area contributed by atoms with Gasteiger partial charge in [-0.3, -0.25) is 0 Å². The van der Waals surface area contributed by atoms with E-state index in [1.807, 2.05) is 0 Å². The summed E-state index contributed by atoms with van der Waals surface area (Å²) in [6.07, 6.45) is 2.02. The topological polar surface area (TPSA) is 85.3 Å². The highest BCUT2D eigenvalue weighted by atomic mass is 35.5. The molecule has 0 saturated carbocycles. The molecule has 1 heterocycles. The van der Waals surface area contributed by atoms with Crippen molar-refractivity contribution in [3.8, 4) is 0 Å². The minimum atomic E-state index is -3.66. The highest BCUT2D eigenvalue weighted by Crippen LogP contribution is 2.22. The molecule has 2 rings (SSSR count). The van der Waals surface area contributed by atoms with Crippen molar-refractivity contribution in [1.82, 2.24) is 4.72 Å². The monoisotopic (exact) mass is 314 g/mol. The zero-order valence-corrected chi connectivity index (χ0v) is 12.2. The number of sulfonamides is 1. The third kappa shape index (κ3) is 3.61. The van der Waals surface area contributed by atoms with Crippen LogP contribution in [0.5, 0.6) is 0 Å². The summed E-state index contributed by atoms with van der Waals surface area (Å²) in [6.45, 7) is 0.491. The third-order valence-electron chi connectivity index (χ3n) is 2.76. The molecule has 1 aromatic heterocycles. The highest BCUT2D eigenvalue weighted by molar-refractivity contribution is 7.89. The van der Waals surface area contributed by atoms with E-state index in [-0.39, 0.29) is 23.0 Å². The van der Waals surface area contributed by atoms with Crippen LogP contribution in [0.4, 0.5) is 0 Å². The maximum atomic E-state index is 12.2. The highest BCUT2D eigenvalue weighted by Gasteiger charge is 2.18. The molecule has 0 unspecified atom stereocenters.